The van der Waals surface area contributed by atoms with E-state index in [0.717, 1.165) is 26.2 Å². The lowest BCUT2D eigenvalue weighted by molar-refractivity contribution is 0.0687. The smallest absolute Gasteiger partial charge is 0.337 e. The maximum absolute atomic E-state index is 10.3. The van der Waals surface area contributed by atoms with Crippen LogP contribution in [0.2, 0.25) is 0 Å². The highest BCUT2D eigenvalue weighted by Gasteiger charge is 2.04. The number of aromatic carboxylic acids is 2. The van der Waals surface area contributed by atoms with Crippen LogP contribution < -0.4 is 22.1 Å². The quantitative estimate of drug-likeness (QED) is 0.436. The van der Waals surface area contributed by atoms with Gasteiger partial charge in [0.1, 0.15) is 0 Å². The molecule has 2 aromatic rings. The fourth-order valence-corrected chi connectivity index (χ4v) is 1.99. The van der Waals surface area contributed by atoms with Crippen LogP contribution in [0, 0.1) is 0 Å². The summed E-state index contributed by atoms with van der Waals surface area (Å²) in [6.45, 7) is 4.56. The minimum absolute atomic E-state index is 0.155. The van der Waals surface area contributed by atoms with Crippen LogP contribution in [0.15, 0.2) is 48.5 Å². The summed E-state index contributed by atoms with van der Waals surface area (Å²) in [5, 5.41) is 23.4. The van der Waals surface area contributed by atoms with Gasteiger partial charge in [-0.3, -0.25) is 0 Å². The minimum Gasteiger partial charge on any atom is -0.478 e. The number of nitrogens with two attached hydrogens (primary N) is 2. The van der Waals surface area contributed by atoms with E-state index in [9.17, 15) is 9.59 Å². The summed E-state index contributed by atoms with van der Waals surface area (Å²) in [7, 11) is 0. The Morgan fingerprint density at radius 2 is 1.00 bits per heavy atom. The first kappa shape index (κ1) is 20.9. The third kappa shape index (κ3) is 7.65. The molecule has 1 fully saturated rings. The van der Waals surface area contributed by atoms with Gasteiger partial charge in [-0.05, 0) is 24.3 Å². The summed E-state index contributed by atoms with van der Waals surface area (Å²) in [6.07, 6.45) is 0. The molecule has 0 spiro atoms. The van der Waals surface area contributed by atoms with E-state index in [4.69, 9.17) is 21.7 Å². The predicted molar refractivity (Wildman–Crippen MR) is 101 cm³/mol. The average Bonchev–Trinajstić information content (AvgIpc) is 2.64. The van der Waals surface area contributed by atoms with Crippen molar-refractivity contribution in [3.05, 3.63) is 59.7 Å². The van der Waals surface area contributed by atoms with Crippen molar-refractivity contribution in [2.45, 2.75) is 0 Å². The van der Waals surface area contributed by atoms with Gasteiger partial charge < -0.3 is 32.3 Å². The molecule has 3 rings (SSSR count). The lowest BCUT2D eigenvalue weighted by Crippen LogP contribution is -2.39. The van der Waals surface area contributed by atoms with E-state index < -0.39 is 11.9 Å². The number of rotatable bonds is 2. The van der Waals surface area contributed by atoms with Crippen LogP contribution in [0.4, 0.5) is 11.4 Å². The van der Waals surface area contributed by atoms with Crippen LogP contribution in [0.25, 0.3) is 0 Å². The molecule has 0 aliphatic carbocycles. The topological polar surface area (TPSA) is 151 Å². The summed E-state index contributed by atoms with van der Waals surface area (Å²) < 4.78 is 0. The molecule has 1 saturated heterocycles. The Kier molecular flexibility index (Phi) is 9.23. The highest BCUT2D eigenvalue weighted by atomic mass is 16.4. The lowest BCUT2D eigenvalue weighted by atomic mass is 10.2. The number of carbonyl (C=O) groups is 2. The van der Waals surface area contributed by atoms with Crippen LogP contribution >= 0.6 is 0 Å². The number of nitrogen functional groups attached to an aromatic ring is 2. The number of nitrogens with one attached hydrogen (secondary N) is 2. The Balaban J connectivity index is 0.000000201. The molecular formula is C18H24N4O4. The van der Waals surface area contributed by atoms with E-state index in [1.54, 1.807) is 36.4 Å². The van der Waals surface area contributed by atoms with Crippen molar-refractivity contribution >= 4 is 23.3 Å². The molecule has 8 N–H and O–H groups in total. The van der Waals surface area contributed by atoms with E-state index in [0.29, 0.717) is 11.4 Å². The Bertz CT molecular complexity index is 651. The molecule has 8 nitrogen and oxygen atoms in total. The zero-order chi connectivity index (χ0) is 19.4. The summed E-state index contributed by atoms with van der Waals surface area (Å²) in [6, 6.07) is 12.7. The molecule has 1 aliphatic heterocycles. The number of hydrogen-bond acceptors (Lipinski definition) is 6. The van der Waals surface area contributed by atoms with Crippen molar-refractivity contribution in [1.29, 1.82) is 0 Å². The Hall–Kier alpha value is -3.10. The maximum atomic E-state index is 10.3. The number of benzene rings is 2. The molecule has 1 aliphatic rings. The van der Waals surface area contributed by atoms with Crippen LogP contribution in [-0.4, -0.2) is 48.3 Å². The zero-order valence-electron chi connectivity index (χ0n) is 14.3. The van der Waals surface area contributed by atoms with E-state index in [1.165, 1.54) is 12.1 Å². The molecule has 0 saturated carbocycles. The second-order valence-electron chi connectivity index (χ2n) is 5.28. The maximum Gasteiger partial charge on any atom is 0.337 e. The Labute approximate surface area is 151 Å². The van der Waals surface area contributed by atoms with E-state index >= 15 is 0 Å². The molecular weight excluding hydrogens is 336 g/mol. The second kappa shape index (κ2) is 11.5. The van der Waals surface area contributed by atoms with Crippen molar-refractivity contribution in [3.8, 4) is 0 Å². The molecule has 0 amide bonds. The van der Waals surface area contributed by atoms with E-state index in [-0.39, 0.29) is 11.1 Å². The fourth-order valence-electron chi connectivity index (χ4n) is 1.99. The van der Waals surface area contributed by atoms with E-state index in [1.807, 2.05) is 0 Å². The largest absolute Gasteiger partial charge is 0.478 e. The molecule has 26 heavy (non-hydrogen) atoms. The summed E-state index contributed by atoms with van der Waals surface area (Å²) in [5.74, 6) is -1.98. The van der Waals surface area contributed by atoms with Gasteiger partial charge in [0.2, 0.25) is 0 Å². The Morgan fingerprint density at radius 3 is 1.19 bits per heavy atom. The first-order valence-corrected chi connectivity index (χ1v) is 8.00. The normalized spacial score (nSPS) is 12.6. The predicted octanol–water partition coefficient (Wildman–Crippen LogP) is 1.11. The first-order valence-electron chi connectivity index (χ1n) is 8.00. The van der Waals surface area contributed by atoms with Gasteiger partial charge in [0.05, 0.1) is 11.1 Å². The van der Waals surface area contributed by atoms with Crippen molar-refractivity contribution in [3.63, 3.8) is 0 Å². The monoisotopic (exact) mass is 360 g/mol. The van der Waals surface area contributed by atoms with Gasteiger partial charge in [0.15, 0.2) is 0 Å². The third-order valence-electron chi connectivity index (χ3n) is 3.34. The number of anilines is 2. The van der Waals surface area contributed by atoms with Crippen LogP contribution in [0.3, 0.4) is 0 Å². The minimum atomic E-state index is -0.988. The first-order chi connectivity index (χ1) is 12.4. The number of para-hydroxylation sites is 2. The number of carboxylic acid groups (broad SMARTS) is 2. The molecule has 2 aromatic carbocycles. The molecule has 1 heterocycles. The van der Waals surface area contributed by atoms with Crippen LogP contribution in [0.5, 0.6) is 0 Å². The van der Waals surface area contributed by atoms with Crippen molar-refractivity contribution < 1.29 is 19.8 Å². The van der Waals surface area contributed by atoms with Gasteiger partial charge in [-0.2, -0.15) is 0 Å². The molecule has 0 atom stereocenters. The molecule has 0 aromatic heterocycles. The molecule has 0 unspecified atom stereocenters. The fraction of sp³-hybridized carbons (Fsp3) is 0.222. The van der Waals surface area contributed by atoms with Crippen molar-refractivity contribution in [2.75, 3.05) is 37.6 Å². The number of piperazine rings is 1. The third-order valence-corrected chi connectivity index (χ3v) is 3.34. The highest BCUT2D eigenvalue weighted by Crippen LogP contribution is 2.09. The van der Waals surface area contributed by atoms with Gasteiger partial charge >= 0.3 is 11.9 Å². The summed E-state index contributed by atoms with van der Waals surface area (Å²) in [5.41, 5.74) is 11.6. The second-order valence-corrected chi connectivity index (χ2v) is 5.28. The average molecular weight is 360 g/mol. The van der Waals surface area contributed by atoms with Crippen molar-refractivity contribution in [2.24, 2.45) is 0 Å². The van der Waals surface area contributed by atoms with Crippen LogP contribution in [0.1, 0.15) is 20.7 Å². The Morgan fingerprint density at radius 1 is 0.692 bits per heavy atom. The summed E-state index contributed by atoms with van der Waals surface area (Å²) >= 11 is 0. The van der Waals surface area contributed by atoms with E-state index in [2.05, 4.69) is 10.6 Å². The number of carboxylic acids is 2. The summed E-state index contributed by atoms with van der Waals surface area (Å²) in [4.78, 5) is 20.7. The zero-order valence-corrected chi connectivity index (χ0v) is 14.3. The highest BCUT2D eigenvalue weighted by molar-refractivity contribution is 5.93. The molecule has 0 bridgehead atoms. The number of hydrogen-bond donors (Lipinski definition) is 6. The molecule has 140 valence electrons. The van der Waals surface area contributed by atoms with Gasteiger partial charge in [0.25, 0.3) is 0 Å². The van der Waals surface area contributed by atoms with Crippen LogP contribution in [-0.2, 0) is 0 Å². The molecule has 8 heteroatoms. The van der Waals surface area contributed by atoms with Gasteiger partial charge in [0, 0.05) is 37.6 Å². The molecule has 0 radical (unpaired) electrons. The van der Waals surface area contributed by atoms with Gasteiger partial charge in [-0.15, -0.1) is 0 Å². The van der Waals surface area contributed by atoms with Gasteiger partial charge in [-0.1, -0.05) is 24.3 Å². The lowest BCUT2D eigenvalue weighted by Gasteiger charge is -2.11. The van der Waals surface area contributed by atoms with Gasteiger partial charge in [-0.25, -0.2) is 9.59 Å². The standard InChI is InChI=1S/2C7H7NO2.C4H10N2/c2*8-6-4-2-1-3-5(6)7(9)10;1-2-6-4-3-5-1/h2*1-4H,8H2,(H,9,10);5-6H,1-4H2. The SMILES string of the molecule is C1CNCCN1.Nc1ccccc1C(=O)O.Nc1ccccc1C(=O)O. The van der Waals surface area contributed by atoms with Crippen molar-refractivity contribution in [1.82, 2.24) is 10.6 Å².